The van der Waals surface area contributed by atoms with Crippen LogP contribution >= 0.6 is 23.2 Å². The number of hydrogen-bond donors (Lipinski definition) is 1. The molecule has 3 aromatic rings. The Kier molecular flexibility index (Phi) is 4.19. The maximum absolute atomic E-state index is 6.51. The second kappa shape index (κ2) is 6.50. The summed E-state index contributed by atoms with van der Waals surface area (Å²) in [7, 11) is 0. The zero-order chi connectivity index (χ0) is 17.3. The first-order valence-corrected chi connectivity index (χ1v) is 8.52. The molecular weight excluding hydrogens is 359 g/mol. The third-order valence-corrected chi connectivity index (χ3v) is 4.54. The van der Waals surface area contributed by atoms with Crippen molar-refractivity contribution in [2.75, 3.05) is 6.61 Å². The van der Waals surface area contributed by atoms with Crippen LogP contribution in [-0.4, -0.2) is 31.6 Å². The van der Waals surface area contributed by atoms with Crippen molar-refractivity contribution in [2.24, 2.45) is 0 Å². The first-order chi connectivity index (χ1) is 12.1. The van der Waals surface area contributed by atoms with Gasteiger partial charge in [0.1, 0.15) is 28.2 Å². The van der Waals surface area contributed by atoms with E-state index in [4.69, 9.17) is 27.9 Å². The summed E-state index contributed by atoms with van der Waals surface area (Å²) >= 11 is 12.6. The Balaban J connectivity index is 1.62. The highest BCUT2D eigenvalue weighted by Gasteiger charge is 2.25. The van der Waals surface area contributed by atoms with Crippen LogP contribution in [0.3, 0.4) is 0 Å². The third-order valence-electron chi connectivity index (χ3n) is 3.92. The summed E-state index contributed by atoms with van der Waals surface area (Å²) in [6, 6.07) is 7.72. The fourth-order valence-corrected chi connectivity index (χ4v) is 3.04. The molecular formula is C18H14Cl2N4O. The standard InChI is InChI=1S/C18H14Cl2N4O/c19-13-6-4-5-12(9-13)15-16-14(23-24-15)10-21-17(22-16)25-11-18(20)7-2-1-3-8-18/h1-7,9-10H,8,11H2,(H,23,24). The van der Waals surface area contributed by atoms with Crippen LogP contribution in [-0.2, 0) is 0 Å². The van der Waals surface area contributed by atoms with E-state index >= 15 is 0 Å². The molecule has 7 heteroatoms. The van der Waals surface area contributed by atoms with Crippen molar-refractivity contribution in [1.29, 1.82) is 0 Å². The van der Waals surface area contributed by atoms with Gasteiger partial charge in [0.15, 0.2) is 0 Å². The Labute approximate surface area is 154 Å². The maximum atomic E-state index is 6.51. The minimum Gasteiger partial charge on any atom is -0.461 e. The number of ether oxygens (including phenoxy) is 1. The van der Waals surface area contributed by atoms with E-state index in [0.717, 1.165) is 11.1 Å². The molecule has 0 amide bonds. The largest absolute Gasteiger partial charge is 0.461 e. The zero-order valence-corrected chi connectivity index (χ0v) is 14.6. The molecule has 1 aliphatic rings. The lowest BCUT2D eigenvalue weighted by molar-refractivity contribution is 0.268. The third kappa shape index (κ3) is 3.38. The second-order valence-corrected chi connectivity index (χ2v) is 7.00. The van der Waals surface area contributed by atoms with E-state index < -0.39 is 4.87 Å². The van der Waals surface area contributed by atoms with Crippen molar-refractivity contribution in [3.63, 3.8) is 0 Å². The average Bonchev–Trinajstić information content (AvgIpc) is 3.04. The van der Waals surface area contributed by atoms with Crippen molar-refractivity contribution >= 4 is 34.2 Å². The van der Waals surface area contributed by atoms with Gasteiger partial charge in [0.2, 0.25) is 0 Å². The Bertz CT molecular complexity index is 982. The van der Waals surface area contributed by atoms with Crippen LogP contribution in [0.1, 0.15) is 6.42 Å². The Morgan fingerprint density at radius 3 is 3.00 bits per heavy atom. The molecule has 5 nitrogen and oxygen atoms in total. The van der Waals surface area contributed by atoms with Gasteiger partial charge in [-0.2, -0.15) is 10.1 Å². The highest BCUT2D eigenvalue weighted by Crippen LogP contribution is 2.29. The molecule has 4 rings (SSSR count). The molecule has 1 N–H and O–H groups in total. The summed E-state index contributed by atoms with van der Waals surface area (Å²) < 4.78 is 5.73. The molecule has 0 spiro atoms. The van der Waals surface area contributed by atoms with Gasteiger partial charge >= 0.3 is 6.01 Å². The Hall–Kier alpha value is -2.37. The highest BCUT2D eigenvalue weighted by molar-refractivity contribution is 6.30. The number of hydrogen-bond acceptors (Lipinski definition) is 4. The van der Waals surface area contributed by atoms with Gasteiger partial charge < -0.3 is 4.74 Å². The molecule has 1 aliphatic carbocycles. The van der Waals surface area contributed by atoms with Gasteiger partial charge in [0, 0.05) is 10.6 Å². The molecule has 1 aromatic carbocycles. The molecule has 0 saturated heterocycles. The van der Waals surface area contributed by atoms with Gasteiger partial charge in [-0.1, -0.05) is 48.0 Å². The molecule has 1 atom stereocenters. The number of alkyl halides is 1. The molecule has 0 bridgehead atoms. The van der Waals surface area contributed by atoms with E-state index in [0.29, 0.717) is 22.7 Å². The number of allylic oxidation sites excluding steroid dienone is 3. The van der Waals surface area contributed by atoms with Crippen molar-refractivity contribution in [3.8, 4) is 17.3 Å². The number of rotatable bonds is 4. The number of halogens is 2. The average molecular weight is 373 g/mol. The number of H-pyrrole nitrogens is 1. The van der Waals surface area contributed by atoms with Gasteiger partial charge in [-0.3, -0.25) is 5.10 Å². The van der Waals surface area contributed by atoms with Crippen LogP contribution in [0.2, 0.25) is 5.02 Å². The molecule has 2 heterocycles. The molecule has 1 unspecified atom stereocenters. The molecule has 0 saturated carbocycles. The quantitative estimate of drug-likeness (QED) is 0.682. The predicted molar refractivity (Wildman–Crippen MR) is 99.1 cm³/mol. The summed E-state index contributed by atoms with van der Waals surface area (Å²) in [6.07, 6.45) is 10.2. The van der Waals surface area contributed by atoms with Crippen LogP contribution in [0.5, 0.6) is 6.01 Å². The van der Waals surface area contributed by atoms with Crippen LogP contribution in [0.25, 0.3) is 22.3 Å². The van der Waals surface area contributed by atoms with Crippen molar-refractivity contribution < 1.29 is 4.74 Å². The number of fused-ring (bicyclic) bond motifs is 1. The van der Waals surface area contributed by atoms with E-state index in [9.17, 15) is 0 Å². The predicted octanol–water partition coefficient (Wildman–Crippen LogP) is 4.55. The van der Waals surface area contributed by atoms with Crippen molar-refractivity contribution in [2.45, 2.75) is 11.3 Å². The lowest BCUT2D eigenvalue weighted by Gasteiger charge is -2.23. The summed E-state index contributed by atoms with van der Waals surface area (Å²) in [5.74, 6) is 0. The maximum Gasteiger partial charge on any atom is 0.317 e. The van der Waals surface area contributed by atoms with E-state index in [2.05, 4.69) is 20.2 Å². The zero-order valence-electron chi connectivity index (χ0n) is 13.1. The Morgan fingerprint density at radius 2 is 2.20 bits per heavy atom. The Morgan fingerprint density at radius 1 is 1.28 bits per heavy atom. The first-order valence-electron chi connectivity index (χ1n) is 7.76. The lowest BCUT2D eigenvalue weighted by Crippen LogP contribution is -2.28. The summed E-state index contributed by atoms with van der Waals surface area (Å²) in [5, 5.41) is 7.89. The molecule has 25 heavy (non-hydrogen) atoms. The lowest BCUT2D eigenvalue weighted by atomic mass is 10.0. The highest BCUT2D eigenvalue weighted by atomic mass is 35.5. The van der Waals surface area contributed by atoms with Crippen LogP contribution in [0.4, 0.5) is 0 Å². The van der Waals surface area contributed by atoms with E-state index in [1.807, 2.05) is 48.6 Å². The molecule has 126 valence electrons. The normalized spacial score (nSPS) is 19.4. The fourth-order valence-electron chi connectivity index (χ4n) is 2.63. The summed E-state index contributed by atoms with van der Waals surface area (Å²) in [6.45, 7) is 0.283. The van der Waals surface area contributed by atoms with Gasteiger partial charge in [0.25, 0.3) is 0 Å². The number of benzene rings is 1. The van der Waals surface area contributed by atoms with Crippen LogP contribution < -0.4 is 4.74 Å². The van der Waals surface area contributed by atoms with Gasteiger partial charge in [-0.15, -0.1) is 11.6 Å². The van der Waals surface area contributed by atoms with Gasteiger partial charge in [0.05, 0.1) is 6.20 Å². The van der Waals surface area contributed by atoms with Gasteiger partial charge in [-0.25, -0.2) is 4.98 Å². The second-order valence-electron chi connectivity index (χ2n) is 5.81. The number of aromatic amines is 1. The molecule has 0 aliphatic heterocycles. The molecule has 0 fully saturated rings. The minimum absolute atomic E-state index is 0.264. The summed E-state index contributed by atoms with van der Waals surface area (Å²) in [4.78, 5) is 8.13. The smallest absolute Gasteiger partial charge is 0.317 e. The monoisotopic (exact) mass is 372 g/mol. The number of nitrogens with zero attached hydrogens (tertiary/aromatic N) is 3. The first kappa shape index (κ1) is 16.1. The fraction of sp³-hybridized carbons (Fsp3) is 0.167. The van der Waals surface area contributed by atoms with Gasteiger partial charge in [-0.05, 0) is 18.6 Å². The number of nitrogens with one attached hydrogen (secondary N) is 1. The topological polar surface area (TPSA) is 63.7 Å². The minimum atomic E-state index is -0.570. The SMILES string of the molecule is Clc1cccc(-c2n[nH]c3cnc(OCC4(Cl)C=CC=CC4)nc23)c1. The van der Waals surface area contributed by atoms with Crippen molar-refractivity contribution in [3.05, 3.63) is 59.8 Å². The molecule has 2 aromatic heterocycles. The van der Waals surface area contributed by atoms with E-state index in [-0.39, 0.29) is 12.6 Å². The van der Waals surface area contributed by atoms with Crippen molar-refractivity contribution in [1.82, 2.24) is 20.2 Å². The van der Waals surface area contributed by atoms with E-state index in [1.165, 1.54) is 0 Å². The number of aromatic nitrogens is 4. The van der Waals surface area contributed by atoms with Crippen LogP contribution in [0, 0.1) is 0 Å². The van der Waals surface area contributed by atoms with E-state index in [1.54, 1.807) is 6.20 Å². The molecule has 0 radical (unpaired) electrons. The summed E-state index contributed by atoms with van der Waals surface area (Å²) in [5.41, 5.74) is 2.97. The van der Waals surface area contributed by atoms with Crippen LogP contribution in [0.15, 0.2) is 54.8 Å².